The molecule has 1 N–H and O–H groups in total. The minimum absolute atomic E-state index is 0.803. The van der Waals surface area contributed by atoms with Crippen LogP contribution in [0.1, 0.15) is 16.8 Å². The normalized spacial score (nSPS) is 15.7. The molecule has 4 nitrogen and oxygen atoms in total. The summed E-state index contributed by atoms with van der Waals surface area (Å²) in [4.78, 5) is 6.87. The van der Waals surface area contributed by atoms with Crippen LogP contribution in [0.5, 0.6) is 5.75 Å². The van der Waals surface area contributed by atoms with E-state index in [0.717, 1.165) is 50.6 Å². The molecule has 0 saturated carbocycles. The Kier molecular flexibility index (Phi) is 5.03. The van der Waals surface area contributed by atoms with Crippen LogP contribution in [-0.4, -0.2) is 43.2 Å². The van der Waals surface area contributed by atoms with Gasteiger partial charge < -0.3 is 10.1 Å². The van der Waals surface area contributed by atoms with E-state index >= 15 is 0 Å². The van der Waals surface area contributed by atoms with E-state index in [-0.39, 0.29) is 0 Å². The van der Waals surface area contributed by atoms with Crippen LogP contribution in [0.3, 0.4) is 0 Å². The molecule has 0 radical (unpaired) electrons. The third-order valence-electron chi connectivity index (χ3n) is 4.07. The summed E-state index contributed by atoms with van der Waals surface area (Å²) < 4.78 is 5.59. The van der Waals surface area contributed by atoms with Crippen LogP contribution in [0.2, 0.25) is 0 Å². The van der Waals surface area contributed by atoms with Gasteiger partial charge in [0.05, 0.1) is 7.11 Å². The van der Waals surface area contributed by atoms with Gasteiger partial charge in [0, 0.05) is 56.6 Å². The van der Waals surface area contributed by atoms with Gasteiger partial charge in [-0.25, -0.2) is 0 Å². The number of hydrogen-bond acceptors (Lipinski definition) is 4. The van der Waals surface area contributed by atoms with Crippen molar-refractivity contribution in [2.24, 2.45) is 0 Å². The Morgan fingerprint density at radius 1 is 1.18 bits per heavy atom. The molecular weight excluding hydrogens is 274 g/mol. The third-order valence-corrected chi connectivity index (χ3v) is 4.07. The topological polar surface area (TPSA) is 37.4 Å². The van der Waals surface area contributed by atoms with Crippen molar-refractivity contribution in [2.75, 3.05) is 33.3 Å². The summed E-state index contributed by atoms with van der Waals surface area (Å²) in [5.41, 5.74) is 3.56. The highest BCUT2D eigenvalue weighted by molar-refractivity contribution is 5.39. The second-order valence-corrected chi connectivity index (χ2v) is 5.67. The molecule has 3 rings (SSSR count). The van der Waals surface area contributed by atoms with Gasteiger partial charge in [0.15, 0.2) is 0 Å². The quantitative estimate of drug-likeness (QED) is 0.917. The van der Waals surface area contributed by atoms with E-state index in [1.807, 2.05) is 24.4 Å². The molecule has 1 aromatic heterocycles. The second-order valence-electron chi connectivity index (χ2n) is 5.67. The van der Waals surface area contributed by atoms with Crippen LogP contribution < -0.4 is 10.1 Å². The number of piperazine rings is 1. The second kappa shape index (κ2) is 7.38. The van der Waals surface area contributed by atoms with E-state index < -0.39 is 0 Å². The number of benzene rings is 1. The molecule has 0 atom stereocenters. The molecule has 1 aliphatic heterocycles. The average Bonchev–Trinajstić information content (AvgIpc) is 2.58. The largest absolute Gasteiger partial charge is 0.496 e. The van der Waals surface area contributed by atoms with Crippen molar-refractivity contribution in [2.45, 2.75) is 13.0 Å². The van der Waals surface area contributed by atoms with Gasteiger partial charge in [-0.15, -0.1) is 0 Å². The number of pyridine rings is 1. The maximum absolute atomic E-state index is 5.59. The molecule has 116 valence electrons. The first-order valence-electron chi connectivity index (χ1n) is 7.84. The summed E-state index contributed by atoms with van der Waals surface area (Å²) in [5.74, 6) is 0.957. The third kappa shape index (κ3) is 3.84. The standard InChI is InChI=1S/C18H23N3O/c1-22-18-12-15(14-21-10-8-19-9-11-21)5-6-16(18)13-17-4-2-3-7-20-17/h2-7,12,19H,8-11,13-14H2,1H3. The van der Waals surface area contributed by atoms with Gasteiger partial charge in [0.25, 0.3) is 0 Å². The maximum Gasteiger partial charge on any atom is 0.122 e. The SMILES string of the molecule is COc1cc(CN2CCNCC2)ccc1Cc1ccccn1. The van der Waals surface area contributed by atoms with Crippen molar-refractivity contribution < 1.29 is 4.74 Å². The molecule has 0 spiro atoms. The summed E-state index contributed by atoms with van der Waals surface area (Å²) in [6.07, 6.45) is 2.64. The van der Waals surface area contributed by atoms with Gasteiger partial charge >= 0.3 is 0 Å². The summed E-state index contributed by atoms with van der Waals surface area (Å²) in [5, 5.41) is 3.39. The smallest absolute Gasteiger partial charge is 0.122 e. The van der Waals surface area contributed by atoms with E-state index in [1.54, 1.807) is 7.11 Å². The molecule has 22 heavy (non-hydrogen) atoms. The predicted octanol–water partition coefficient (Wildman–Crippen LogP) is 2.09. The van der Waals surface area contributed by atoms with E-state index in [9.17, 15) is 0 Å². The Balaban J connectivity index is 1.72. The van der Waals surface area contributed by atoms with Crippen LogP contribution in [0.15, 0.2) is 42.6 Å². The number of aromatic nitrogens is 1. The first kappa shape index (κ1) is 15.0. The zero-order valence-electron chi connectivity index (χ0n) is 13.1. The number of nitrogens with one attached hydrogen (secondary N) is 1. The van der Waals surface area contributed by atoms with E-state index in [2.05, 4.69) is 33.4 Å². The lowest BCUT2D eigenvalue weighted by molar-refractivity contribution is 0.233. The summed E-state index contributed by atoms with van der Waals surface area (Å²) >= 11 is 0. The lowest BCUT2D eigenvalue weighted by atomic mass is 10.0. The number of hydrogen-bond donors (Lipinski definition) is 1. The Labute approximate surface area is 132 Å². The zero-order valence-corrected chi connectivity index (χ0v) is 13.1. The molecule has 2 heterocycles. The molecule has 2 aromatic rings. The number of nitrogens with zero attached hydrogens (tertiary/aromatic N) is 2. The minimum atomic E-state index is 0.803. The average molecular weight is 297 g/mol. The van der Waals surface area contributed by atoms with Gasteiger partial charge in [-0.05, 0) is 23.8 Å². The van der Waals surface area contributed by atoms with E-state index in [4.69, 9.17) is 4.74 Å². The maximum atomic E-state index is 5.59. The Morgan fingerprint density at radius 3 is 2.77 bits per heavy atom. The van der Waals surface area contributed by atoms with Gasteiger partial charge in [-0.2, -0.15) is 0 Å². The number of methoxy groups -OCH3 is 1. The van der Waals surface area contributed by atoms with Gasteiger partial charge in [0.2, 0.25) is 0 Å². The number of ether oxygens (including phenoxy) is 1. The van der Waals surface area contributed by atoms with Crippen molar-refractivity contribution >= 4 is 0 Å². The molecule has 1 aromatic carbocycles. The monoisotopic (exact) mass is 297 g/mol. The van der Waals surface area contributed by atoms with Crippen LogP contribution >= 0.6 is 0 Å². The summed E-state index contributed by atoms with van der Waals surface area (Å²) in [7, 11) is 1.74. The van der Waals surface area contributed by atoms with Gasteiger partial charge in [0.1, 0.15) is 5.75 Å². The minimum Gasteiger partial charge on any atom is -0.496 e. The molecule has 0 unspecified atom stereocenters. The lowest BCUT2D eigenvalue weighted by Gasteiger charge is -2.27. The molecular formula is C18H23N3O. The highest BCUT2D eigenvalue weighted by Gasteiger charge is 2.12. The van der Waals surface area contributed by atoms with Crippen LogP contribution in [0, 0.1) is 0 Å². The predicted molar refractivity (Wildman–Crippen MR) is 88.2 cm³/mol. The van der Waals surface area contributed by atoms with Crippen molar-refractivity contribution in [3.63, 3.8) is 0 Å². The first-order valence-corrected chi connectivity index (χ1v) is 7.84. The molecule has 1 fully saturated rings. The van der Waals surface area contributed by atoms with Crippen molar-refractivity contribution in [3.05, 3.63) is 59.4 Å². The van der Waals surface area contributed by atoms with Crippen LogP contribution in [0.25, 0.3) is 0 Å². The first-order chi connectivity index (χ1) is 10.8. The molecule has 4 heteroatoms. The van der Waals surface area contributed by atoms with Crippen molar-refractivity contribution in [1.82, 2.24) is 15.2 Å². The number of rotatable bonds is 5. The highest BCUT2D eigenvalue weighted by atomic mass is 16.5. The zero-order chi connectivity index (χ0) is 15.2. The Hall–Kier alpha value is -1.91. The fourth-order valence-electron chi connectivity index (χ4n) is 2.86. The summed E-state index contributed by atoms with van der Waals surface area (Å²) in [6, 6.07) is 12.6. The molecule has 0 amide bonds. The highest BCUT2D eigenvalue weighted by Crippen LogP contribution is 2.23. The Bertz CT molecular complexity index is 595. The van der Waals surface area contributed by atoms with Crippen LogP contribution in [0.4, 0.5) is 0 Å². The van der Waals surface area contributed by atoms with Crippen molar-refractivity contribution in [3.8, 4) is 5.75 Å². The Morgan fingerprint density at radius 2 is 2.05 bits per heavy atom. The van der Waals surface area contributed by atoms with Gasteiger partial charge in [-0.3, -0.25) is 9.88 Å². The molecule has 0 aliphatic carbocycles. The van der Waals surface area contributed by atoms with E-state index in [0.29, 0.717) is 0 Å². The molecule has 1 saturated heterocycles. The van der Waals surface area contributed by atoms with Gasteiger partial charge in [-0.1, -0.05) is 18.2 Å². The molecule has 0 bridgehead atoms. The molecule has 1 aliphatic rings. The fraction of sp³-hybridized carbons (Fsp3) is 0.389. The lowest BCUT2D eigenvalue weighted by Crippen LogP contribution is -2.42. The van der Waals surface area contributed by atoms with Crippen molar-refractivity contribution in [1.29, 1.82) is 0 Å². The van der Waals surface area contributed by atoms with E-state index in [1.165, 1.54) is 11.1 Å². The fourth-order valence-corrected chi connectivity index (χ4v) is 2.86. The summed E-state index contributed by atoms with van der Waals surface area (Å²) in [6.45, 7) is 5.36. The van der Waals surface area contributed by atoms with Crippen LogP contribution in [-0.2, 0) is 13.0 Å².